The van der Waals surface area contributed by atoms with Crippen LogP contribution in [0, 0.1) is 12.8 Å². The number of nitrogens with one attached hydrogen (secondary N) is 1. The van der Waals surface area contributed by atoms with Crippen LogP contribution in [0.15, 0.2) is 24.3 Å². The van der Waals surface area contributed by atoms with E-state index in [0.29, 0.717) is 25.7 Å². The summed E-state index contributed by atoms with van der Waals surface area (Å²) in [6, 6.07) is 7.50. The Kier molecular flexibility index (Phi) is 6.48. The zero-order chi connectivity index (χ0) is 14.3. The molecule has 5 heteroatoms. The van der Waals surface area contributed by atoms with Crippen LogP contribution in [0.3, 0.4) is 0 Å². The molecule has 0 heterocycles. The van der Waals surface area contributed by atoms with Gasteiger partial charge in [0.2, 0.25) is 10.0 Å². The molecule has 0 amide bonds. The zero-order valence-electron chi connectivity index (χ0n) is 11.8. The third-order valence-electron chi connectivity index (χ3n) is 2.63. The van der Waals surface area contributed by atoms with Crippen molar-refractivity contribution in [2.75, 3.05) is 19.8 Å². The van der Waals surface area contributed by atoms with Gasteiger partial charge in [-0.25, -0.2) is 13.1 Å². The Morgan fingerprint density at radius 2 is 1.95 bits per heavy atom. The van der Waals surface area contributed by atoms with Gasteiger partial charge in [0, 0.05) is 13.2 Å². The first-order valence-electron chi connectivity index (χ1n) is 6.50. The molecule has 0 atom stereocenters. The SMILES string of the molecule is Cc1ccccc1CS(=O)(=O)NCCOCC(C)C. The van der Waals surface area contributed by atoms with E-state index in [4.69, 9.17) is 4.74 Å². The number of ether oxygens (including phenoxy) is 1. The summed E-state index contributed by atoms with van der Waals surface area (Å²) in [5, 5.41) is 0. The van der Waals surface area contributed by atoms with Gasteiger partial charge < -0.3 is 4.74 Å². The average molecular weight is 285 g/mol. The minimum absolute atomic E-state index is 0.0177. The number of hydrogen-bond acceptors (Lipinski definition) is 3. The van der Waals surface area contributed by atoms with Crippen LogP contribution in [0.5, 0.6) is 0 Å². The van der Waals surface area contributed by atoms with E-state index in [9.17, 15) is 8.42 Å². The Morgan fingerprint density at radius 1 is 1.26 bits per heavy atom. The van der Waals surface area contributed by atoms with Crippen molar-refractivity contribution in [2.45, 2.75) is 26.5 Å². The van der Waals surface area contributed by atoms with Crippen molar-refractivity contribution in [2.24, 2.45) is 5.92 Å². The summed E-state index contributed by atoms with van der Waals surface area (Å²) in [5.41, 5.74) is 1.82. The van der Waals surface area contributed by atoms with E-state index in [2.05, 4.69) is 18.6 Å². The summed E-state index contributed by atoms with van der Waals surface area (Å²) in [6.45, 7) is 7.41. The molecule has 19 heavy (non-hydrogen) atoms. The minimum Gasteiger partial charge on any atom is -0.380 e. The van der Waals surface area contributed by atoms with E-state index in [0.717, 1.165) is 11.1 Å². The van der Waals surface area contributed by atoms with E-state index in [-0.39, 0.29) is 5.75 Å². The molecule has 0 spiro atoms. The molecule has 0 aliphatic heterocycles. The topological polar surface area (TPSA) is 55.4 Å². The van der Waals surface area contributed by atoms with Crippen LogP contribution in [-0.2, 0) is 20.5 Å². The maximum Gasteiger partial charge on any atom is 0.215 e. The second kappa shape index (κ2) is 7.62. The van der Waals surface area contributed by atoms with Gasteiger partial charge in [-0.05, 0) is 24.0 Å². The second-order valence-corrected chi connectivity index (χ2v) is 6.86. The van der Waals surface area contributed by atoms with Crippen LogP contribution >= 0.6 is 0 Å². The zero-order valence-corrected chi connectivity index (χ0v) is 12.7. The van der Waals surface area contributed by atoms with Gasteiger partial charge in [0.1, 0.15) is 0 Å². The molecule has 0 saturated heterocycles. The lowest BCUT2D eigenvalue weighted by Crippen LogP contribution is -2.29. The van der Waals surface area contributed by atoms with E-state index >= 15 is 0 Å². The maximum atomic E-state index is 11.9. The monoisotopic (exact) mass is 285 g/mol. The fourth-order valence-electron chi connectivity index (χ4n) is 1.62. The van der Waals surface area contributed by atoms with Gasteiger partial charge in [0.25, 0.3) is 0 Å². The summed E-state index contributed by atoms with van der Waals surface area (Å²) < 4.78 is 31.7. The highest BCUT2D eigenvalue weighted by atomic mass is 32.2. The molecule has 1 N–H and O–H groups in total. The first kappa shape index (κ1) is 16.1. The summed E-state index contributed by atoms with van der Waals surface area (Å²) >= 11 is 0. The lowest BCUT2D eigenvalue weighted by Gasteiger charge is -2.10. The molecule has 1 aromatic rings. The van der Waals surface area contributed by atoms with E-state index in [1.54, 1.807) is 0 Å². The van der Waals surface area contributed by atoms with Gasteiger partial charge >= 0.3 is 0 Å². The largest absolute Gasteiger partial charge is 0.380 e. The molecular formula is C14H23NO3S. The summed E-state index contributed by atoms with van der Waals surface area (Å²) in [6.07, 6.45) is 0. The molecule has 0 aliphatic rings. The number of aryl methyl sites for hydroxylation is 1. The van der Waals surface area contributed by atoms with Gasteiger partial charge in [0.05, 0.1) is 12.4 Å². The number of rotatable bonds is 8. The van der Waals surface area contributed by atoms with Gasteiger partial charge in [-0.1, -0.05) is 38.1 Å². The van der Waals surface area contributed by atoms with Gasteiger partial charge in [0.15, 0.2) is 0 Å². The van der Waals surface area contributed by atoms with Gasteiger partial charge in [-0.3, -0.25) is 0 Å². The van der Waals surface area contributed by atoms with Crippen LogP contribution in [-0.4, -0.2) is 28.2 Å². The second-order valence-electron chi connectivity index (χ2n) is 5.05. The van der Waals surface area contributed by atoms with Crippen molar-refractivity contribution >= 4 is 10.0 Å². The Hall–Kier alpha value is -0.910. The van der Waals surface area contributed by atoms with E-state index in [1.165, 1.54) is 0 Å². The highest BCUT2D eigenvalue weighted by Gasteiger charge is 2.12. The molecule has 0 saturated carbocycles. The Labute approximate surface area is 116 Å². The fourth-order valence-corrected chi connectivity index (χ4v) is 2.85. The predicted octanol–water partition coefficient (Wildman–Crippen LogP) is 2.09. The van der Waals surface area contributed by atoms with Gasteiger partial charge in [-0.2, -0.15) is 0 Å². The highest BCUT2D eigenvalue weighted by Crippen LogP contribution is 2.10. The molecule has 0 unspecified atom stereocenters. The number of hydrogen-bond donors (Lipinski definition) is 1. The molecule has 1 rings (SSSR count). The average Bonchev–Trinajstić information content (AvgIpc) is 2.31. The third-order valence-corrected chi connectivity index (χ3v) is 3.96. The van der Waals surface area contributed by atoms with Crippen molar-refractivity contribution in [3.8, 4) is 0 Å². The molecule has 1 aromatic carbocycles. The van der Waals surface area contributed by atoms with E-state index < -0.39 is 10.0 Å². The Morgan fingerprint density at radius 3 is 2.58 bits per heavy atom. The predicted molar refractivity (Wildman–Crippen MR) is 77.5 cm³/mol. The fraction of sp³-hybridized carbons (Fsp3) is 0.571. The number of sulfonamides is 1. The lowest BCUT2D eigenvalue weighted by molar-refractivity contribution is 0.114. The maximum absolute atomic E-state index is 11.9. The molecule has 0 aromatic heterocycles. The highest BCUT2D eigenvalue weighted by molar-refractivity contribution is 7.88. The summed E-state index contributed by atoms with van der Waals surface area (Å²) in [5.74, 6) is 0.479. The lowest BCUT2D eigenvalue weighted by atomic mass is 10.1. The number of benzene rings is 1. The van der Waals surface area contributed by atoms with Crippen LogP contribution in [0.4, 0.5) is 0 Å². The van der Waals surface area contributed by atoms with Crippen LogP contribution in [0.2, 0.25) is 0 Å². The third kappa shape index (κ3) is 6.71. The molecular weight excluding hydrogens is 262 g/mol. The van der Waals surface area contributed by atoms with Crippen molar-refractivity contribution < 1.29 is 13.2 Å². The quantitative estimate of drug-likeness (QED) is 0.744. The summed E-state index contributed by atoms with van der Waals surface area (Å²) in [4.78, 5) is 0. The van der Waals surface area contributed by atoms with Crippen molar-refractivity contribution in [3.63, 3.8) is 0 Å². The molecule has 108 valence electrons. The standard InChI is InChI=1S/C14H23NO3S/c1-12(2)10-18-9-8-15-19(16,17)11-14-7-5-4-6-13(14)3/h4-7,12,15H,8-11H2,1-3H3. The first-order valence-corrected chi connectivity index (χ1v) is 8.15. The van der Waals surface area contributed by atoms with Crippen molar-refractivity contribution in [1.29, 1.82) is 0 Å². The molecule has 0 aliphatic carbocycles. The molecule has 0 radical (unpaired) electrons. The minimum atomic E-state index is -3.29. The molecule has 0 bridgehead atoms. The Bertz CT molecular complexity index is 483. The summed E-state index contributed by atoms with van der Waals surface area (Å²) in [7, 11) is -3.29. The smallest absolute Gasteiger partial charge is 0.215 e. The molecule has 0 fully saturated rings. The van der Waals surface area contributed by atoms with Crippen LogP contribution in [0.25, 0.3) is 0 Å². The van der Waals surface area contributed by atoms with Crippen molar-refractivity contribution in [3.05, 3.63) is 35.4 Å². The van der Waals surface area contributed by atoms with Crippen LogP contribution in [0.1, 0.15) is 25.0 Å². The van der Waals surface area contributed by atoms with Crippen molar-refractivity contribution in [1.82, 2.24) is 4.72 Å². The normalized spacial score (nSPS) is 12.0. The first-order chi connectivity index (χ1) is 8.91. The van der Waals surface area contributed by atoms with E-state index in [1.807, 2.05) is 31.2 Å². The molecule has 4 nitrogen and oxygen atoms in total. The Balaban J connectivity index is 2.38. The van der Waals surface area contributed by atoms with Crippen LogP contribution < -0.4 is 4.72 Å². The van der Waals surface area contributed by atoms with Gasteiger partial charge in [-0.15, -0.1) is 0 Å².